The molecule has 0 aromatic rings. The molecule has 0 saturated carbocycles. The van der Waals surface area contributed by atoms with Gasteiger partial charge in [-0.25, -0.2) is 9.59 Å². The number of carbonyl (C=O) groups is 3. The maximum Gasteiger partial charge on any atom is 0.332 e. The molecule has 17 heavy (non-hydrogen) atoms. The van der Waals surface area contributed by atoms with Crippen LogP contribution >= 0.6 is 0 Å². The van der Waals surface area contributed by atoms with Crippen molar-refractivity contribution in [2.24, 2.45) is 0 Å². The molecule has 6 nitrogen and oxygen atoms in total. The van der Waals surface area contributed by atoms with Crippen LogP contribution in [0.5, 0.6) is 0 Å². The molecule has 2 N–H and O–H groups in total. The van der Waals surface area contributed by atoms with E-state index in [1.807, 2.05) is 0 Å². The average Bonchev–Trinajstić information content (AvgIpc) is 2.11. The first-order chi connectivity index (χ1) is 7.25. The molecule has 0 fully saturated rings. The number of rotatable bonds is 5. The third kappa shape index (κ3) is 6.76. The zero-order valence-electron chi connectivity index (χ0n) is 9.67. The zero-order chi connectivity index (χ0) is 12.9. The first-order valence-electron chi connectivity index (χ1n) is 4.59. The Morgan fingerprint density at radius 3 is 1.88 bits per heavy atom. The number of carbonyl (C=O) groups excluding carboxylic acids is 1. The van der Waals surface area contributed by atoms with Crippen LogP contribution in [-0.2, 0) is 36.2 Å². The molecule has 0 heterocycles. The van der Waals surface area contributed by atoms with Crippen LogP contribution in [0.2, 0.25) is 0 Å². The van der Waals surface area contributed by atoms with E-state index in [0.717, 1.165) is 0 Å². The summed E-state index contributed by atoms with van der Waals surface area (Å²) in [4.78, 5) is 32.0. The van der Waals surface area contributed by atoms with E-state index in [9.17, 15) is 14.4 Å². The topological polar surface area (TPSA) is 101 Å². The molecule has 0 amide bonds. The van der Waals surface area contributed by atoms with Gasteiger partial charge >= 0.3 is 17.9 Å². The van der Waals surface area contributed by atoms with Crippen molar-refractivity contribution in [2.75, 3.05) is 0 Å². The van der Waals surface area contributed by atoms with Crippen molar-refractivity contribution < 1.29 is 46.4 Å². The summed E-state index contributed by atoms with van der Waals surface area (Å²) in [7, 11) is 0. The van der Waals surface area contributed by atoms with Gasteiger partial charge in [0.2, 0.25) is 0 Å². The fourth-order valence-electron chi connectivity index (χ4n) is 1.14. The second-order valence-corrected chi connectivity index (χ2v) is 3.34. The number of carboxylic acid groups (broad SMARTS) is 2. The minimum atomic E-state index is -1.32. The van der Waals surface area contributed by atoms with E-state index < -0.39 is 24.0 Å². The number of hydrogen-bond acceptors (Lipinski definition) is 4. The molecule has 0 saturated heterocycles. The Morgan fingerprint density at radius 1 is 1.12 bits per heavy atom. The van der Waals surface area contributed by atoms with Crippen LogP contribution in [0.3, 0.4) is 0 Å². The molecule has 0 aliphatic carbocycles. The molecule has 0 rings (SSSR count). The maximum atomic E-state index is 10.8. The van der Waals surface area contributed by atoms with Gasteiger partial charge in [-0.15, -0.1) is 0 Å². The van der Waals surface area contributed by atoms with Gasteiger partial charge < -0.3 is 14.9 Å². The van der Waals surface area contributed by atoms with Gasteiger partial charge in [-0.1, -0.05) is 0 Å². The number of hydrogen-bond donors (Lipinski definition) is 2. The molecule has 98 valence electrons. The summed E-state index contributed by atoms with van der Waals surface area (Å²) in [6.07, 6.45) is -0.801. The van der Waals surface area contributed by atoms with Gasteiger partial charge in [0.05, 0.1) is 5.57 Å². The molecule has 1 unspecified atom stereocenters. The predicted molar refractivity (Wildman–Crippen MR) is 53.8 cm³/mol. The van der Waals surface area contributed by atoms with Crippen LogP contribution in [-0.4, -0.2) is 34.2 Å². The fourth-order valence-corrected chi connectivity index (χ4v) is 1.14. The third-order valence-corrected chi connectivity index (χ3v) is 1.89. The van der Waals surface area contributed by atoms with E-state index in [0.29, 0.717) is 0 Å². The van der Waals surface area contributed by atoms with Gasteiger partial charge in [0, 0.05) is 36.0 Å². The predicted octanol–water partition coefficient (Wildman–Crippen LogP) is 0.811. The van der Waals surface area contributed by atoms with Crippen LogP contribution in [0, 0.1) is 0 Å². The Kier molecular flexibility index (Phi) is 8.35. The van der Waals surface area contributed by atoms with Crippen LogP contribution in [0.1, 0.15) is 27.2 Å². The van der Waals surface area contributed by atoms with Gasteiger partial charge in [-0.05, 0) is 13.8 Å². The molecule has 1 atom stereocenters. The quantitative estimate of drug-likeness (QED) is 0.440. The van der Waals surface area contributed by atoms with Crippen molar-refractivity contribution in [1.29, 1.82) is 0 Å². The molecule has 7 heteroatoms. The average molecular weight is 286 g/mol. The van der Waals surface area contributed by atoms with Crippen LogP contribution in [0.4, 0.5) is 0 Å². The van der Waals surface area contributed by atoms with E-state index >= 15 is 0 Å². The van der Waals surface area contributed by atoms with E-state index in [1.54, 1.807) is 0 Å². The van der Waals surface area contributed by atoms with E-state index in [4.69, 9.17) is 14.9 Å². The first kappa shape index (κ1) is 18.0. The van der Waals surface area contributed by atoms with E-state index in [2.05, 4.69) is 0 Å². The van der Waals surface area contributed by atoms with Crippen molar-refractivity contribution in [3.63, 3.8) is 0 Å². The summed E-state index contributed by atoms with van der Waals surface area (Å²) in [6.45, 7) is 3.90. The van der Waals surface area contributed by atoms with Crippen molar-refractivity contribution >= 4 is 17.9 Å². The summed E-state index contributed by atoms with van der Waals surface area (Å²) in [5.41, 5.74) is -0.521. The fraction of sp³-hybridized carbons (Fsp3) is 0.500. The molecule has 0 radical (unpaired) electrons. The largest absolute Gasteiger partial charge is 0.478 e. The Bertz CT molecular complexity index is 347. The standard InChI is InChI=1S/C10H14O6.Fe/c1-5(16-7(3)11)4-8(10(14)15)6(2)9(12)13;/h5H,4H2,1-3H3,(H,12,13)(H,14,15);. The molecule has 0 aliphatic rings. The Balaban J connectivity index is 0. The molecular formula is C10H14FeO6. The molecule has 0 aliphatic heterocycles. The Morgan fingerprint density at radius 2 is 1.59 bits per heavy atom. The van der Waals surface area contributed by atoms with Crippen molar-refractivity contribution in [3.8, 4) is 0 Å². The smallest absolute Gasteiger partial charge is 0.332 e. The minimum absolute atomic E-state index is 0. The second-order valence-electron chi connectivity index (χ2n) is 3.34. The summed E-state index contributed by atoms with van der Waals surface area (Å²) < 4.78 is 4.73. The maximum absolute atomic E-state index is 10.8. The summed E-state index contributed by atoms with van der Waals surface area (Å²) in [6, 6.07) is 0. The third-order valence-electron chi connectivity index (χ3n) is 1.89. The van der Waals surface area contributed by atoms with Gasteiger partial charge in [0.25, 0.3) is 0 Å². The molecule has 0 bridgehead atoms. The number of aliphatic carboxylic acids is 2. The SMILES string of the molecule is CC(=O)OC(C)CC(C(=O)O)=C(C)C(=O)O.[Fe]. The molecule has 0 aromatic carbocycles. The van der Waals surface area contributed by atoms with E-state index in [-0.39, 0.29) is 34.6 Å². The summed E-state index contributed by atoms with van der Waals surface area (Å²) in [5.74, 6) is -3.16. The van der Waals surface area contributed by atoms with Crippen molar-refractivity contribution in [3.05, 3.63) is 11.1 Å². The molecular weight excluding hydrogens is 272 g/mol. The van der Waals surface area contributed by atoms with E-state index in [1.165, 1.54) is 20.8 Å². The van der Waals surface area contributed by atoms with Crippen LogP contribution in [0.15, 0.2) is 11.1 Å². The Labute approximate surface area is 109 Å². The van der Waals surface area contributed by atoms with Crippen LogP contribution in [0.25, 0.3) is 0 Å². The molecule has 0 spiro atoms. The van der Waals surface area contributed by atoms with Crippen molar-refractivity contribution in [1.82, 2.24) is 0 Å². The molecule has 0 aromatic heterocycles. The first-order valence-corrected chi connectivity index (χ1v) is 4.59. The van der Waals surface area contributed by atoms with Gasteiger partial charge in [-0.3, -0.25) is 4.79 Å². The van der Waals surface area contributed by atoms with Gasteiger partial charge in [-0.2, -0.15) is 0 Å². The number of carboxylic acids is 2. The van der Waals surface area contributed by atoms with Crippen LogP contribution < -0.4 is 0 Å². The van der Waals surface area contributed by atoms with Gasteiger partial charge in [0.15, 0.2) is 0 Å². The normalized spacial score (nSPS) is 12.9. The van der Waals surface area contributed by atoms with Crippen molar-refractivity contribution in [2.45, 2.75) is 33.3 Å². The second kappa shape index (κ2) is 7.86. The monoisotopic (exact) mass is 286 g/mol. The Hall–Kier alpha value is -1.33. The minimum Gasteiger partial charge on any atom is -0.478 e. The summed E-state index contributed by atoms with van der Waals surface area (Å²) in [5, 5.41) is 17.5. The van der Waals surface area contributed by atoms with Gasteiger partial charge in [0.1, 0.15) is 6.10 Å². The summed E-state index contributed by atoms with van der Waals surface area (Å²) >= 11 is 0. The number of esters is 1. The number of ether oxygens (including phenoxy) is 1. The zero-order valence-corrected chi connectivity index (χ0v) is 10.8.